The third-order valence-corrected chi connectivity index (χ3v) is 12.4. The second-order valence-electron chi connectivity index (χ2n) is 15.0. The standard InChI is InChI=1S/C35H47F2N7O9S/c1-34(2,50)27-18-40-42-44(27)35(22-9-6-14-53-26(16-22)28(45)30(39)47)17-25(29(38)46)43(19-35)32(49)24(15-20-7-4-3-5-8-20)41-31(48)21-10-12-23(13-11-21)54(51,52)33(36)37/h10-13,18,20,22,24-26,33,50H,3-9,14-17,19H2,1-2H3,(H2,38,46)(H2,39,47)(H,41,48)/t22?,24-,25+,26?,35?/m1/s1. The highest BCUT2D eigenvalue weighted by Crippen LogP contribution is 2.46. The number of hydrogen-bond donors (Lipinski definition) is 4. The summed E-state index contributed by atoms with van der Waals surface area (Å²) < 4.78 is 57.4. The molecule has 54 heavy (non-hydrogen) atoms. The van der Waals surface area contributed by atoms with Crippen LogP contribution in [0, 0.1) is 11.8 Å². The van der Waals surface area contributed by atoms with Crippen LogP contribution in [0.1, 0.15) is 94.1 Å². The van der Waals surface area contributed by atoms with Crippen molar-refractivity contribution >= 4 is 39.2 Å². The van der Waals surface area contributed by atoms with Crippen molar-refractivity contribution in [2.24, 2.45) is 23.3 Å². The van der Waals surface area contributed by atoms with Gasteiger partial charge in [-0.25, -0.2) is 13.1 Å². The number of nitrogens with zero attached hydrogens (tertiary/aromatic N) is 4. The predicted molar refractivity (Wildman–Crippen MR) is 186 cm³/mol. The number of ether oxygens (including phenoxy) is 1. The Bertz CT molecular complexity index is 1840. The number of aliphatic hydroxyl groups is 1. The molecule has 3 heterocycles. The quantitative estimate of drug-likeness (QED) is 0.211. The molecule has 16 nitrogen and oxygen atoms in total. The maximum absolute atomic E-state index is 14.8. The van der Waals surface area contributed by atoms with Gasteiger partial charge in [0.15, 0.2) is 0 Å². The molecular formula is C35H47F2N7O9S. The normalized spacial score (nSPS) is 24.9. The van der Waals surface area contributed by atoms with Gasteiger partial charge in [0.2, 0.25) is 27.4 Å². The zero-order valence-corrected chi connectivity index (χ0v) is 31.0. The number of benzene rings is 1. The van der Waals surface area contributed by atoms with Gasteiger partial charge in [0.25, 0.3) is 11.8 Å². The third kappa shape index (κ3) is 8.47. The molecule has 5 atom stereocenters. The lowest BCUT2D eigenvalue weighted by Crippen LogP contribution is -2.54. The van der Waals surface area contributed by atoms with Gasteiger partial charge >= 0.3 is 5.76 Å². The number of sulfone groups is 1. The van der Waals surface area contributed by atoms with Gasteiger partial charge < -0.3 is 31.5 Å². The van der Waals surface area contributed by atoms with E-state index in [1.54, 1.807) is 0 Å². The number of ketones is 1. The fourth-order valence-electron chi connectivity index (χ4n) is 8.15. The molecule has 1 aliphatic carbocycles. The highest BCUT2D eigenvalue weighted by atomic mass is 32.2. The predicted octanol–water partition coefficient (Wildman–Crippen LogP) is 1.29. The van der Waals surface area contributed by atoms with Crippen molar-refractivity contribution in [3.05, 3.63) is 41.7 Å². The van der Waals surface area contributed by atoms with E-state index in [-0.39, 0.29) is 49.6 Å². The number of amides is 4. The number of rotatable bonds is 13. The first kappa shape index (κ1) is 40.8. The monoisotopic (exact) mass is 779 g/mol. The number of carbonyl (C=O) groups is 5. The molecule has 3 fully saturated rings. The molecule has 1 aromatic carbocycles. The highest BCUT2D eigenvalue weighted by Gasteiger charge is 2.57. The van der Waals surface area contributed by atoms with Crippen LogP contribution in [0.15, 0.2) is 35.4 Å². The first-order chi connectivity index (χ1) is 25.4. The van der Waals surface area contributed by atoms with Crippen LogP contribution in [0.4, 0.5) is 8.78 Å². The summed E-state index contributed by atoms with van der Waals surface area (Å²) in [5.41, 5.74) is 8.65. The van der Waals surface area contributed by atoms with Crippen molar-refractivity contribution in [2.45, 2.75) is 118 Å². The molecule has 5 rings (SSSR count). The van der Waals surface area contributed by atoms with Gasteiger partial charge in [0, 0.05) is 25.1 Å². The van der Waals surface area contributed by atoms with E-state index in [9.17, 15) is 46.3 Å². The minimum atomic E-state index is -4.91. The van der Waals surface area contributed by atoms with Gasteiger partial charge in [-0.3, -0.25) is 24.0 Å². The summed E-state index contributed by atoms with van der Waals surface area (Å²) in [6.45, 7) is 2.93. The van der Waals surface area contributed by atoms with Crippen LogP contribution in [0.3, 0.4) is 0 Å². The number of nitrogens with one attached hydrogen (secondary N) is 1. The average molecular weight is 780 g/mol. The minimum absolute atomic E-state index is 0.0302. The van der Waals surface area contributed by atoms with Crippen LogP contribution >= 0.6 is 0 Å². The topological polar surface area (TPSA) is 247 Å². The maximum Gasteiger partial charge on any atom is 0.341 e. The van der Waals surface area contributed by atoms with E-state index >= 15 is 0 Å². The molecule has 2 aliphatic heterocycles. The molecular weight excluding hydrogens is 732 g/mol. The number of primary amides is 2. The zero-order valence-electron chi connectivity index (χ0n) is 30.2. The Kier molecular flexibility index (Phi) is 12.2. The lowest BCUT2D eigenvalue weighted by Gasteiger charge is -2.40. The van der Waals surface area contributed by atoms with Crippen molar-refractivity contribution in [1.82, 2.24) is 25.2 Å². The van der Waals surface area contributed by atoms with Crippen molar-refractivity contribution in [1.29, 1.82) is 0 Å². The summed E-state index contributed by atoms with van der Waals surface area (Å²) >= 11 is 0. The van der Waals surface area contributed by atoms with Gasteiger partial charge in [0.1, 0.15) is 23.8 Å². The number of alkyl halides is 2. The van der Waals surface area contributed by atoms with E-state index in [1.165, 1.54) is 29.6 Å². The van der Waals surface area contributed by atoms with E-state index < -0.39 is 85.1 Å². The Hall–Kier alpha value is -4.36. The van der Waals surface area contributed by atoms with Crippen LogP contribution in [0.5, 0.6) is 0 Å². The lowest BCUT2D eigenvalue weighted by atomic mass is 9.75. The number of likely N-dealkylation sites (tertiary alicyclic amines) is 1. The summed E-state index contributed by atoms with van der Waals surface area (Å²) in [4.78, 5) is 67.2. The number of carbonyl (C=O) groups excluding carboxylic acids is 5. The fourth-order valence-corrected chi connectivity index (χ4v) is 8.87. The Labute approximate surface area is 311 Å². The Balaban J connectivity index is 1.54. The molecule has 1 saturated carbocycles. The second-order valence-corrected chi connectivity index (χ2v) is 17.0. The van der Waals surface area contributed by atoms with Crippen LogP contribution in [0.2, 0.25) is 0 Å². The van der Waals surface area contributed by atoms with Crippen LogP contribution < -0.4 is 16.8 Å². The number of nitrogens with two attached hydrogens (primary N) is 2. The fraction of sp³-hybridized carbons (Fsp3) is 0.629. The Morgan fingerprint density at radius 1 is 1.06 bits per heavy atom. The highest BCUT2D eigenvalue weighted by molar-refractivity contribution is 7.91. The molecule has 4 amide bonds. The van der Waals surface area contributed by atoms with Crippen LogP contribution in [0.25, 0.3) is 0 Å². The first-order valence-electron chi connectivity index (χ1n) is 18.0. The SMILES string of the molecule is CC(C)(O)c1cnnn1C1(C2CCCOC(C(=O)C(N)=O)C2)C[C@@H](C(N)=O)N(C(=O)[C@@H](CC2CCCCC2)NC(=O)c2ccc(S(=O)(=O)C(F)F)cc2)C1. The Morgan fingerprint density at radius 3 is 2.31 bits per heavy atom. The number of Topliss-reactive ketones (excluding diaryl/α,β-unsaturated/α-hetero) is 1. The molecule has 2 saturated heterocycles. The average Bonchev–Trinajstić information content (AvgIpc) is 3.72. The van der Waals surface area contributed by atoms with E-state index in [2.05, 4.69) is 15.6 Å². The molecule has 296 valence electrons. The van der Waals surface area contributed by atoms with Crippen molar-refractivity contribution in [3.63, 3.8) is 0 Å². The molecule has 3 aliphatic rings. The summed E-state index contributed by atoms with van der Waals surface area (Å²) in [5, 5.41) is 22.3. The maximum atomic E-state index is 14.8. The van der Waals surface area contributed by atoms with Gasteiger partial charge in [-0.1, -0.05) is 37.3 Å². The summed E-state index contributed by atoms with van der Waals surface area (Å²) in [6.07, 6.45) is 5.40. The third-order valence-electron chi connectivity index (χ3n) is 11.0. The van der Waals surface area contributed by atoms with Crippen LogP contribution in [-0.4, -0.2) is 99.9 Å². The number of hydrogen-bond acceptors (Lipinski definition) is 11. The lowest BCUT2D eigenvalue weighted by molar-refractivity contribution is -0.143. The second kappa shape index (κ2) is 16.2. The molecule has 3 unspecified atom stereocenters. The van der Waals surface area contributed by atoms with Gasteiger partial charge in [-0.2, -0.15) is 8.78 Å². The summed E-state index contributed by atoms with van der Waals surface area (Å²) in [7, 11) is -4.91. The summed E-state index contributed by atoms with van der Waals surface area (Å²) in [5.74, 6) is -8.62. The molecule has 0 bridgehead atoms. The van der Waals surface area contributed by atoms with E-state index in [0.717, 1.165) is 56.4 Å². The number of halogens is 2. The molecule has 19 heteroatoms. The van der Waals surface area contributed by atoms with Crippen LogP contribution in [-0.2, 0) is 44.9 Å². The largest absolute Gasteiger partial charge is 0.384 e. The first-order valence-corrected chi connectivity index (χ1v) is 19.5. The molecule has 0 spiro atoms. The van der Waals surface area contributed by atoms with E-state index in [0.29, 0.717) is 12.8 Å². The van der Waals surface area contributed by atoms with Crippen molar-refractivity contribution < 1.29 is 51.0 Å². The molecule has 6 N–H and O–H groups in total. The van der Waals surface area contributed by atoms with Gasteiger partial charge in [-0.15, -0.1) is 5.10 Å². The minimum Gasteiger partial charge on any atom is -0.384 e. The van der Waals surface area contributed by atoms with Crippen molar-refractivity contribution in [3.8, 4) is 0 Å². The van der Waals surface area contributed by atoms with Gasteiger partial charge in [0.05, 0.1) is 22.3 Å². The van der Waals surface area contributed by atoms with Crippen molar-refractivity contribution in [2.75, 3.05) is 13.2 Å². The molecule has 1 aromatic heterocycles. The number of aromatic nitrogens is 3. The van der Waals surface area contributed by atoms with Gasteiger partial charge in [-0.05, 0) is 75.6 Å². The molecule has 0 radical (unpaired) electrons. The van der Waals surface area contributed by atoms with E-state index in [4.69, 9.17) is 16.2 Å². The zero-order chi connectivity index (χ0) is 39.6. The molecule has 2 aromatic rings. The summed E-state index contributed by atoms with van der Waals surface area (Å²) in [6, 6.07) is 1.46. The Morgan fingerprint density at radius 2 is 1.72 bits per heavy atom. The smallest absolute Gasteiger partial charge is 0.341 e. The van der Waals surface area contributed by atoms with E-state index in [1.807, 2.05) is 0 Å².